The first-order chi connectivity index (χ1) is 16.8. The number of aliphatic hydroxyl groups is 1. The van der Waals surface area contributed by atoms with Gasteiger partial charge in [0.25, 0.3) is 0 Å². The van der Waals surface area contributed by atoms with Crippen molar-refractivity contribution in [3.05, 3.63) is 95.6 Å². The van der Waals surface area contributed by atoms with Crippen LogP contribution in [0.1, 0.15) is 42.4 Å². The lowest BCUT2D eigenvalue weighted by Gasteiger charge is -2.26. The molecule has 1 heterocycles. The summed E-state index contributed by atoms with van der Waals surface area (Å²) in [7, 11) is 1.69. The summed E-state index contributed by atoms with van der Waals surface area (Å²) in [4.78, 5) is 2.49. The maximum absolute atomic E-state index is 9.95. The molecular formula is C30H35NO3. The molecule has 3 aromatic carbocycles. The molecule has 4 nitrogen and oxygen atoms in total. The Morgan fingerprint density at radius 3 is 2.21 bits per heavy atom. The number of methoxy groups -OCH3 is 1. The maximum Gasteiger partial charge on any atom is 0.126 e. The van der Waals surface area contributed by atoms with Gasteiger partial charge in [-0.2, -0.15) is 0 Å². The molecule has 178 valence electrons. The highest BCUT2D eigenvalue weighted by molar-refractivity contribution is 5.99. The summed E-state index contributed by atoms with van der Waals surface area (Å²) in [5.74, 6) is 1.69. The van der Waals surface area contributed by atoms with Crippen LogP contribution in [0.15, 0.2) is 78.9 Å². The van der Waals surface area contributed by atoms with Gasteiger partial charge < -0.3 is 14.6 Å². The van der Waals surface area contributed by atoms with Crippen LogP contribution < -0.4 is 9.47 Å². The molecule has 1 saturated heterocycles. The molecule has 0 atom stereocenters. The molecule has 0 spiro atoms. The zero-order valence-corrected chi connectivity index (χ0v) is 20.1. The van der Waals surface area contributed by atoms with Gasteiger partial charge >= 0.3 is 0 Å². The molecule has 0 aliphatic carbocycles. The SMILES string of the molecule is COc1ccccc1C(CCO)=C(c1ccccc1)c1ccc(OCCN2CCCCC2)cc1. The molecular weight excluding hydrogens is 422 g/mol. The molecule has 0 bridgehead atoms. The van der Waals surface area contributed by atoms with E-state index in [1.807, 2.05) is 48.5 Å². The van der Waals surface area contributed by atoms with E-state index in [9.17, 15) is 5.11 Å². The summed E-state index contributed by atoms with van der Waals surface area (Å²) >= 11 is 0. The summed E-state index contributed by atoms with van der Waals surface area (Å²) in [6, 6.07) is 26.7. The Kier molecular flexibility index (Phi) is 8.78. The number of hydrogen-bond acceptors (Lipinski definition) is 4. The van der Waals surface area contributed by atoms with Crippen molar-refractivity contribution in [1.29, 1.82) is 0 Å². The lowest BCUT2D eigenvalue weighted by molar-refractivity contribution is 0.183. The highest BCUT2D eigenvalue weighted by Gasteiger charge is 2.17. The molecule has 0 aromatic heterocycles. The van der Waals surface area contributed by atoms with Gasteiger partial charge in [0.1, 0.15) is 18.1 Å². The van der Waals surface area contributed by atoms with Gasteiger partial charge in [-0.1, -0.05) is 67.1 Å². The van der Waals surface area contributed by atoms with Crippen LogP contribution in [0, 0.1) is 0 Å². The van der Waals surface area contributed by atoms with Crippen molar-refractivity contribution >= 4 is 11.1 Å². The van der Waals surface area contributed by atoms with Gasteiger partial charge in [-0.25, -0.2) is 0 Å². The Labute approximate surface area is 203 Å². The van der Waals surface area contributed by atoms with Crippen LogP contribution in [0.4, 0.5) is 0 Å². The van der Waals surface area contributed by atoms with Crippen LogP contribution in [-0.4, -0.2) is 50.0 Å². The number of benzene rings is 3. The Hall–Kier alpha value is -3.08. The van der Waals surface area contributed by atoms with Gasteiger partial charge in [0.15, 0.2) is 0 Å². The molecule has 0 unspecified atom stereocenters. The van der Waals surface area contributed by atoms with E-state index in [-0.39, 0.29) is 6.61 Å². The molecule has 4 rings (SSSR count). The molecule has 1 aliphatic rings. The van der Waals surface area contributed by atoms with Crippen molar-refractivity contribution < 1.29 is 14.6 Å². The maximum atomic E-state index is 9.95. The Morgan fingerprint density at radius 1 is 0.824 bits per heavy atom. The summed E-state index contributed by atoms with van der Waals surface area (Å²) in [6.07, 6.45) is 4.47. The van der Waals surface area contributed by atoms with E-state index in [4.69, 9.17) is 9.47 Å². The third-order valence-corrected chi connectivity index (χ3v) is 6.43. The number of nitrogens with zero attached hydrogens (tertiary/aromatic N) is 1. The van der Waals surface area contributed by atoms with E-state index >= 15 is 0 Å². The van der Waals surface area contributed by atoms with Crippen LogP contribution in [0.25, 0.3) is 11.1 Å². The van der Waals surface area contributed by atoms with Crippen LogP contribution in [-0.2, 0) is 0 Å². The van der Waals surface area contributed by atoms with Crippen molar-refractivity contribution in [3.8, 4) is 11.5 Å². The van der Waals surface area contributed by atoms with E-state index in [1.165, 1.54) is 32.4 Å². The third kappa shape index (κ3) is 6.07. The van der Waals surface area contributed by atoms with Crippen molar-refractivity contribution in [2.75, 3.05) is 40.0 Å². The standard InChI is InChI=1S/C30H35NO3/c1-33-29-13-7-6-12-27(29)28(18-22-32)30(24-10-4-2-5-11-24)25-14-16-26(17-15-25)34-23-21-31-19-8-3-9-20-31/h2,4-7,10-17,32H,3,8-9,18-23H2,1H3. The average Bonchev–Trinajstić information content (AvgIpc) is 2.90. The second-order valence-corrected chi connectivity index (χ2v) is 8.67. The van der Waals surface area contributed by atoms with Crippen LogP contribution >= 0.6 is 0 Å². The van der Waals surface area contributed by atoms with Gasteiger partial charge in [-0.05, 0) is 72.8 Å². The van der Waals surface area contributed by atoms with Gasteiger partial charge in [-0.3, -0.25) is 4.90 Å². The molecule has 1 fully saturated rings. The first kappa shape index (κ1) is 24.1. The van der Waals surface area contributed by atoms with Crippen LogP contribution in [0.2, 0.25) is 0 Å². The van der Waals surface area contributed by atoms with Gasteiger partial charge in [0.05, 0.1) is 7.11 Å². The molecule has 34 heavy (non-hydrogen) atoms. The lowest BCUT2D eigenvalue weighted by atomic mass is 9.87. The molecule has 3 aromatic rings. The second-order valence-electron chi connectivity index (χ2n) is 8.67. The zero-order chi connectivity index (χ0) is 23.6. The molecule has 4 heteroatoms. The fraction of sp³-hybridized carbons (Fsp3) is 0.333. The molecule has 0 saturated carbocycles. The largest absolute Gasteiger partial charge is 0.496 e. The Bertz CT molecular complexity index is 1050. The van der Waals surface area contributed by atoms with Crippen molar-refractivity contribution in [2.45, 2.75) is 25.7 Å². The number of likely N-dealkylation sites (tertiary alicyclic amines) is 1. The zero-order valence-electron chi connectivity index (χ0n) is 20.1. The monoisotopic (exact) mass is 457 g/mol. The molecule has 0 amide bonds. The quantitative estimate of drug-likeness (QED) is 0.385. The minimum Gasteiger partial charge on any atom is -0.496 e. The summed E-state index contributed by atoms with van der Waals surface area (Å²) in [5, 5.41) is 9.95. The highest BCUT2D eigenvalue weighted by Crippen LogP contribution is 2.38. The summed E-state index contributed by atoms with van der Waals surface area (Å²) in [6.45, 7) is 4.11. The van der Waals surface area contributed by atoms with E-state index in [0.717, 1.165) is 45.9 Å². The number of ether oxygens (including phenoxy) is 2. The first-order valence-electron chi connectivity index (χ1n) is 12.3. The summed E-state index contributed by atoms with van der Waals surface area (Å²) in [5.41, 5.74) is 5.35. The second kappa shape index (κ2) is 12.4. The number of piperidine rings is 1. The minimum absolute atomic E-state index is 0.0570. The summed E-state index contributed by atoms with van der Waals surface area (Å²) < 4.78 is 11.7. The Morgan fingerprint density at radius 2 is 1.50 bits per heavy atom. The van der Waals surface area contributed by atoms with Crippen LogP contribution in [0.3, 0.4) is 0 Å². The van der Waals surface area contributed by atoms with Gasteiger partial charge in [0, 0.05) is 18.7 Å². The topological polar surface area (TPSA) is 41.9 Å². The number of aliphatic hydroxyl groups excluding tert-OH is 1. The van der Waals surface area contributed by atoms with Crippen molar-refractivity contribution in [2.24, 2.45) is 0 Å². The molecule has 1 aliphatic heterocycles. The third-order valence-electron chi connectivity index (χ3n) is 6.43. The van der Waals surface area contributed by atoms with E-state index in [2.05, 4.69) is 35.2 Å². The van der Waals surface area contributed by atoms with Crippen molar-refractivity contribution in [1.82, 2.24) is 4.90 Å². The molecule has 1 N–H and O–H groups in total. The van der Waals surface area contributed by atoms with E-state index in [0.29, 0.717) is 13.0 Å². The minimum atomic E-state index is 0.0570. The first-order valence-corrected chi connectivity index (χ1v) is 12.3. The molecule has 0 radical (unpaired) electrons. The highest BCUT2D eigenvalue weighted by atomic mass is 16.5. The van der Waals surface area contributed by atoms with Crippen LogP contribution in [0.5, 0.6) is 11.5 Å². The smallest absolute Gasteiger partial charge is 0.126 e. The number of para-hydroxylation sites is 1. The number of hydrogen-bond donors (Lipinski definition) is 1. The van der Waals surface area contributed by atoms with E-state index < -0.39 is 0 Å². The predicted molar refractivity (Wildman–Crippen MR) is 139 cm³/mol. The van der Waals surface area contributed by atoms with Gasteiger partial charge in [-0.15, -0.1) is 0 Å². The fourth-order valence-electron chi connectivity index (χ4n) is 4.71. The fourth-order valence-corrected chi connectivity index (χ4v) is 4.71. The number of rotatable bonds is 10. The van der Waals surface area contributed by atoms with E-state index in [1.54, 1.807) is 7.11 Å². The predicted octanol–water partition coefficient (Wildman–Crippen LogP) is 5.90. The normalized spacial score (nSPS) is 15.0. The Balaban J connectivity index is 1.64. The lowest BCUT2D eigenvalue weighted by Crippen LogP contribution is -2.33. The average molecular weight is 458 g/mol. The van der Waals surface area contributed by atoms with Crippen molar-refractivity contribution in [3.63, 3.8) is 0 Å². The van der Waals surface area contributed by atoms with Gasteiger partial charge in [0.2, 0.25) is 0 Å².